The van der Waals surface area contributed by atoms with E-state index >= 15 is 0 Å². The maximum absolute atomic E-state index is 8.90. The molecule has 21 heavy (non-hydrogen) atoms. The number of hydrogen-bond acceptors (Lipinski definition) is 3. The largest absolute Gasteiger partial charge is 0.307 e. The van der Waals surface area contributed by atoms with Gasteiger partial charge in [-0.2, -0.15) is 10.4 Å². The summed E-state index contributed by atoms with van der Waals surface area (Å²) >= 11 is 0. The van der Waals surface area contributed by atoms with Crippen LogP contribution in [0, 0.1) is 11.3 Å². The molecule has 4 nitrogen and oxygen atoms in total. The molecule has 3 aromatic rings. The average Bonchev–Trinajstić information content (AvgIpc) is 2.85. The van der Waals surface area contributed by atoms with E-state index in [1.807, 2.05) is 48.1 Å². The molecule has 1 heterocycles. The zero-order valence-electron chi connectivity index (χ0n) is 11.9. The third kappa shape index (κ3) is 2.78. The lowest BCUT2D eigenvalue weighted by atomic mass is 10.1. The summed E-state index contributed by atoms with van der Waals surface area (Å²) in [5, 5.41) is 18.0. The Hall–Kier alpha value is -2.64. The van der Waals surface area contributed by atoms with Gasteiger partial charge in [-0.05, 0) is 23.8 Å². The van der Waals surface area contributed by atoms with Crippen LogP contribution in [0.3, 0.4) is 0 Å². The van der Waals surface area contributed by atoms with Gasteiger partial charge in [0.2, 0.25) is 0 Å². The predicted molar refractivity (Wildman–Crippen MR) is 82.4 cm³/mol. The van der Waals surface area contributed by atoms with E-state index in [4.69, 9.17) is 5.26 Å². The van der Waals surface area contributed by atoms with E-state index < -0.39 is 0 Å². The van der Waals surface area contributed by atoms with Gasteiger partial charge >= 0.3 is 0 Å². The number of nitrogens with one attached hydrogen (secondary N) is 1. The van der Waals surface area contributed by atoms with Crippen LogP contribution in [0.25, 0.3) is 10.9 Å². The summed E-state index contributed by atoms with van der Waals surface area (Å²) < 4.78 is 1.91. The molecular weight excluding hydrogens is 260 g/mol. The quantitative estimate of drug-likeness (QED) is 0.797. The number of para-hydroxylation sites is 1. The van der Waals surface area contributed by atoms with Gasteiger partial charge in [-0.1, -0.05) is 30.3 Å². The number of rotatable bonds is 4. The van der Waals surface area contributed by atoms with Crippen molar-refractivity contribution in [2.24, 2.45) is 7.05 Å². The summed E-state index contributed by atoms with van der Waals surface area (Å²) in [6, 6.07) is 18.0. The second kappa shape index (κ2) is 5.78. The van der Waals surface area contributed by atoms with E-state index in [0.29, 0.717) is 12.1 Å². The fraction of sp³-hybridized carbons (Fsp3) is 0.176. The summed E-state index contributed by atoms with van der Waals surface area (Å²) in [4.78, 5) is 0. The van der Waals surface area contributed by atoms with Crippen molar-refractivity contribution in [2.45, 2.75) is 13.1 Å². The number of benzene rings is 2. The van der Waals surface area contributed by atoms with Crippen LogP contribution in [0.1, 0.15) is 16.8 Å². The Balaban J connectivity index is 1.71. The van der Waals surface area contributed by atoms with Crippen LogP contribution in [0.15, 0.2) is 48.5 Å². The molecule has 0 radical (unpaired) electrons. The first-order chi connectivity index (χ1) is 10.3. The van der Waals surface area contributed by atoms with Gasteiger partial charge in [-0.3, -0.25) is 4.68 Å². The Morgan fingerprint density at radius 3 is 2.86 bits per heavy atom. The van der Waals surface area contributed by atoms with Gasteiger partial charge in [0.05, 0.1) is 22.8 Å². The van der Waals surface area contributed by atoms with Gasteiger partial charge in [-0.25, -0.2) is 0 Å². The Morgan fingerprint density at radius 2 is 2.00 bits per heavy atom. The van der Waals surface area contributed by atoms with Crippen LogP contribution < -0.4 is 5.32 Å². The zero-order chi connectivity index (χ0) is 14.7. The highest BCUT2D eigenvalue weighted by molar-refractivity contribution is 5.81. The fourth-order valence-corrected chi connectivity index (χ4v) is 2.50. The summed E-state index contributed by atoms with van der Waals surface area (Å²) in [6.07, 6.45) is 0. The summed E-state index contributed by atoms with van der Waals surface area (Å²) in [7, 11) is 1.96. The van der Waals surface area contributed by atoms with Crippen molar-refractivity contribution < 1.29 is 0 Å². The second-order valence-corrected chi connectivity index (χ2v) is 5.00. The first-order valence-electron chi connectivity index (χ1n) is 6.88. The van der Waals surface area contributed by atoms with Crippen LogP contribution in [-0.4, -0.2) is 9.78 Å². The van der Waals surface area contributed by atoms with E-state index in [1.165, 1.54) is 5.39 Å². The molecule has 0 amide bonds. The first-order valence-corrected chi connectivity index (χ1v) is 6.88. The molecule has 1 aromatic heterocycles. The highest BCUT2D eigenvalue weighted by atomic mass is 15.3. The number of nitriles is 1. The Labute approximate surface area is 123 Å². The van der Waals surface area contributed by atoms with Crippen molar-refractivity contribution in [3.05, 3.63) is 65.4 Å². The molecule has 104 valence electrons. The monoisotopic (exact) mass is 276 g/mol. The maximum atomic E-state index is 8.90. The SMILES string of the molecule is Cn1nc(CNCc2cccc(C#N)c2)c2ccccc21. The molecule has 0 aliphatic heterocycles. The third-order valence-electron chi connectivity index (χ3n) is 3.51. The number of aromatic nitrogens is 2. The molecule has 0 unspecified atom stereocenters. The van der Waals surface area contributed by atoms with E-state index in [-0.39, 0.29) is 0 Å². The van der Waals surface area contributed by atoms with Crippen molar-refractivity contribution in [3.8, 4) is 6.07 Å². The Kier molecular flexibility index (Phi) is 3.67. The van der Waals surface area contributed by atoms with Crippen LogP contribution in [0.4, 0.5) is 0 Å². The standard InChI is InChI=1S/C17H16N4/c1-21-17-8-3-2-7-15(17)16(20-21)12-19-11-14-6-4-5-13(9-14)10-18/h2-9,19H,11-12H2,1H3. The normalized spacial score (nSPS) is 10.7. The predicted octanol–water partition coefficient (Wildman–Crippen LogP) is 2.73. The van der Waals surface area contributed by atoms with Crippen LogP contribution >= 0.6 is 0 Å². The Morgan fingerprint density at radius 1 is 1.14 bits per heavy atom. The van der Waals surface area contributed by atoms with Gasteiger partial charge in [0, 0.05) is 25.5 Å². The number of fused-ring (bicyclic) bond motifs is 1. The van der Waals surface area contributed by atoms with Gasteiger partial charge < -0.3 is 5.32 Å². The van der Waals surface area contributed by atoms with Crippen molar-refractivity contribution >= 4 is 10.9 Å². The van der Waals surface area contributed by atoms with Crippen molar-refractivity contribution in [1.82, 2.24) is 15.1 Å². The van der Waals surface area contributed by atoms with Crippen molar-refractivity contribution in [2.75, 3.05) is 0 Å². The lowest BCUT2D eigenvalue weighted by Gasteiger charge is -2.04. The zero-order valence-corrected chi connectivity index (χ0v) is 11.9. The number of aryl methyl sites for hydroxylation is 1. The number of hydrogen-bond donors (Lipinski definition) is 1. The Bertz CT molecular complexity index is 811. The second-order valence-electron chi connectivity index (χ2n) is 5.00. The summed E-state index contributed by atoms with van der Waals surface area (Å²) in [5.74, 6) is 0. The molecule has 0 atom stereocenters. The maximum Gasteiger partial charge on any atom is 0.0991 e. The topological polar surface area (TPSA) is 53.6 Å². The lowest BCUT2D eigenvalue weighted by molar-refractivity contribution is 0.662. The molecule has 0 saturated carbocycles. The van der Waals surface area contributed by atoms with Gasteiger partial charge in [-0.15, -0.1) is 0 Å². The molecule has 0 saturated heterocycles. The van der Waals surface area contributed by atoms with Crippen LogP contribution in [0.2, 0.25) is 0 Å². The van der Waals surface area contributed by atoms with Crippen LogP contribution in [-0.2, 0) is 20.1 Å². The molecule has 0 spiro atoms. The smallest absolute Gasteiger partial charge is 0.0991 e. The van der Waals surface area contributed by atoms with E-state index in [2.05, 4.69) is 28.6 Å². The molecule has 1 N–H and O–H groups in total. The van der Waals surface area contributed by atoms with Crippen LogP contribution in [0.5, 0.6) is 0 Å². The highest BCUT2D eigenvalue weighted by Gasteiger charge is 2.07. The highest BCUT2D eigenvalue weighted by Crippen LogP contribution is 2.17. The molecular formula is C17H16N4. The first kappa shape index (κ1) is 13.3. The van der Waals surface area contributed by atoms with E-state index in [0.717, 1.165) is 23.3 Å². The van der Waals surface area contributed by atoms with Crippen molar-refractivity contribution in [3.63, 3.8) is 0 Å². The fourth-order valence-electron chi connectivity index (χ4n) is 2.50. The lowest BCUT2D eigenvalue weighted by Crippen LogP contribution is -2.13. The average molecular weight is 276 g/mol. The summed E-state index contributed by atoms with van der Waals surface area (Å²) in [6.45, 7) is 1.43. The minimum Gasteiger partial charge on any atom is -0.307 e. The van der Waals surface area contributed by atoms with E-state index in [1.54, 1.807) is 0 Å². The molecule has 0 bridgehead atoms. The molecule has 4 heteroatoms. The van der Waals surface area contributed by atoms with Gasteiger partial charge in [0.25, 0.3) is 0 Å². The van der Waals surface area contributed by atoms with E-state index in [9.17, 15) is 0 Å². The molecule has 2 aromatic carbocycles. The van der Waals surface area contributed by atoms with Crippen molar-refractivity contribution in [1.29, 1.82) is 5.26 Å². The summed E-state index contributed by atoms with van der Waals surface area (Å²) in [5.41, 5.74) is 3.98. The molecule has 0 fully saturated rings. The minimum absolute atomic E-state index is 0.692. The number of nitrogens with zero attached hydrogens (tertiary/aromatic N) is 3. The van der Waals surface area contributed by atoms with Gasteiger partial charge in [0.1, 0.15) is 0 Å². The molecule has 0 aliphatic carbocycles. The minimum atomic E-state index is 0.692. The molecule has 3 rings (SSSR count). The third-order valence-corrected chi connectivity index (χ3v) is 3.51. The van der Waals surface area contributed by atoms with Gasteiger partial charge in [0.15, 0.2) is 0 Å². The molecule has 0 aliphatic rings.